The zero-order valence-corrected chi connectivity index (χ0v) is 12.3. The number of nitrogens with one attached hydrogen (secondary N) is 1. The van der Waals surface area contributed by atoms with Crippen LogP contribution in [0.3, 0.4) is 0 Å². The van der Waals surface area contributed by atoms with Gasteiger partial charge in [0.05, 0.1) is 6.10 Å². The summed E-state index contributed by atoms with van der Waals surface area (Å²) in [5.74, 6) is 0. The maximum Gasteiger partial charge on any atom is 0.0942 e. The van der Waals surface area contributed by atoms with E-state index in [1.807, 2.05) is 6.07 Å². The van der Waals surface area contributed by atoms with Crippen LogP contribution in [0.5, 0.6) is 0 Å². The van der Waals surface area contributed by atoms with E-state index in [4.69, 9.17) is 0 Å². The number of hydrogen-bond acceptors (Lipinski definition) is 2. The van der Waals surface area contributed by atoms with Gasteiger partial charge in [-0.15, -0.1) is 0 Å². The van der Waals surface area contributed by atoms with E-state index in [2.05, 4.69) is 53.8 Å². The largest absolute Gasteiger partial charge is 0.387 e. The van der Waals surface area contributed by atoms with Crippen LogP contribution < -0.4 is 5.32 Å². The molecule has 2 aromatic carbocycles. The molecular weight excluding hydrogens is 258 g/mol. The van der Waals surface area contributed by atoms with E-state index in [9.17, 15) is 5.11 Å². The molecule has 0 aromatic heterocycles. The number of hydrogen-bond donors (Lipinski definition) is 2. The van der Waals surface area contributed by atoms with Crippen molar-refractivity contribution < 1.29 is 5.11 Å². The molecule has 1 heterocycles. The fourth-order valence-electron chi connectivity index (χ4n) is 3.04. The van der Waals surface area contributed by atoms with E-state index in [0.717, 1.165) is 24.9 Å². The van der Waals surface area contributed by atoms with E-state index >= 15 is 0 Å². The van der Waals surface area contributed by atoms with Gasteiger partial charge in [0.15, 0.2) is 0 Å². The van der Waals surface area contributed by atoms with Gasteiger partial charge in [-0.25, -0.2) is 0 Å². The summed E-state index contributed by atoms with van der Waals surface area (Å²) in [4.78, 5) is 0. The lowest BCUT2D eigenvalue weighted by Crippen LogP contribution is -2.38. The second-order valence-electron chi connectivity index (χ2n) is 5.91. The van der Waals surface area contributed by atoms with Gasteiger partial charge in [0.2, 0.25) is 0 Å². The number of aliphatic hydroxyl groups is 1. The molecular formula is C19H23NO. The van der Waals surface area contributed by atoms with Crippen LogP contribution in [0.2, 0.25) is 0 Å². The monoisotopic (exact) mass is 281 g/mol. The summed E-state index contributed by atoms with van der Waals surface area (Å²) in [6, 6.07) is 19.1. The first-order valence-electron chi connectivity index (χ1n) is 7.87. The van der Waals surface area contributed by atoms with Gasteiger partial charge in [0.25, 0.3) is 0 Å². The minimum atomic E-state index is -0.393. The van der Waals surface area contributed by atoms with E-state index in [0.29, 0.717) is 0 Å². The standard InChI is InChI=1S/C19H23NO/c21-19(18-8-4-5-13-20-18)17-11-9-16(10-12-17)14-15-6-2-1-3-7-15/h1-3,6-7,9-12,18-21H,4-5,8,13-14H2. The Morgan fingerprint density at radius 1 is 0.952 bits per heavy atom. The Bertz CT molecular complexity index is 544. The minimum Gasteiger partial charge on any atom is -0.387 e. The van der Waals surface area contributed by atoms with Crippen LogP contribution in [0.4, 0.5) is 0 Å². The van der Waals surface area contributed by atoms with Gasteiger partial charge in [0.1, 0.15) is 0 Å². The highest BCUT2D eigenvalue weighted by Crippen LogP contribution is 2.23. The summed E-state index contributed by atoms with van der Waals surface area (Å²) in [6.07, 6.45) is 4.04. The zero-order valence-electron chi connectivity index (χ0n) is 12.3. The Morgan fingerprint density at radius 2 is 1.67 bits per heavy atom. The number of rotatable bonds is 4. The van der Waals surface area contributed by atoms with Crippen molar-refractivity contribution >= 4 is 0 Å². The average Bonchev–Trinajstić information content (AvgIpc) is 2.57. The van der Waals surface area contributed by atoms with Crippen molar-refractivity contribution in [3.63, 3.8) is 0 Å². The molecule has 0 radical (unpaired) electrons. The zero-order chi connectivity index (χ0) is 14.5. The van der Waals surface area contributed by atoms with Crippen LogP contribution in [0.15, 0.2) is 54.6 Å². The summed E-state index contributed by atoms with van der Waals surface area (Å²) in [6.45, 7) is 1.02. The molecule has 0 aliphatic carbocycles. The molecule has 0 bridgehead atoms. The van der Waals surface area contributed by atoms with E-state index in [1.54, 1.807) is 0 Å². The molecule has 3 rings (SSSR count). The van der Waals surface area contributed by atoms with E-state index in [1.165, 1.54) is 24.0 Å². The summed E-state index contributed by atoms with van der Waals surface area (Å²) in [5.41, 5.74) is 3.62. The molecule has 2 unspecified atom stereocenters. The van der Waals surface area contributed by atoms with Gasteiger partial charge in [-0.3, -0.25) is 0 Å². The van der Waals surface area contributed by atoms with Gasteiger partial charge in [-0.1, -0.05) is 61.0 Å². The number of benzene rings is 2. The molecule has 1 saturated heterocycles. The van der Waals surface area contributed by atoms with Crippen molar-refractivity contribution in [1.29, 1.82) is 0 Å². The molecule has 2 heteroatoms. The van der Waals surface area contributed by atoms with Gasteiger partial charge in [0, 0.05) is 6.04 Å². The molecule has 1 aliphatic heterocycles. The number of aliphatic hydroxyl groups excluding tert-OH is 1. The van der Waals surface area contributed by atoms with Crippen molar-refractivity contribution in [1.82, 2.24) is 5.32 Å². The second kappa shape index (κ2) is 6.88. The van der Waals surface area contributed by atoms with E-state index in [-0.39, 0.29) is 6.04 Å². The van der Waals surface area contributed by atoms with Crippen molar-refractivity contribution in [2.24, 2.45) is 0 Å². The third-order valence-corrected chi connectivity index (χ3v) is 4.30. The highest BCUT2D eigenvalue weighted by atomic mass is 16.3. The van der Waals surface area contributed by atoms with Crippen LogP contribution in [-0.4, -0.2) is 17.7 Å². The van der Waals surface area contributed by atoms with Gasteiger partial charge >= 0.3 is 0 Å². The second-order valence-corrected chi connectivity index (χ2v) is 5.91. The quantitative estimate of drug-likeness (QED) is 0.899. The van der Waals surface area contributed by atoms with Crippen LogP contribution in [0.25, 0.3) is 0 Å². The topological polar surface area (TPSA) is 32.3 Å². The predicted octanol–water partition coefficient (Wildman–Crippen LogP) is 3.45. The third kappa shape index (κ3) is 3.72. The first-order valence-corrected chi connectivity index (χ1v) is 7.87. The molecule has 1 fully saturated rings. The first-order chi connectivity index (χ1) is 10.3. The van der Waals surface area contributed by atoms with Crippen LogP contribution in [-0.2, 0) is 6.42 Å². The van der Waals surface area contributed by atoms with E-state index < -0.39 is 6.10 Å². The van der Waals surface area contributed by atoms with Gasteiger partial charge in [-0.2, -0.15) is 0 Å². The molecule has 21 heavy (non-hydrogen) atoms. The molecule has 0 amide bonds. The Hall–Kier alpha value is -1.64. The maximum absolute atomic E-state index is 10.5. The van der Waals surface area contributed by atoms with Crippen LogP contribution in [0, 0.1) is 0 Å². The molecule has 0 spiro atoms. The minimum absolute atomic E-state index is 0.207. The van der Waals surface area contributed by atoms with Crippen molar-refractivity contribution in [3.05, 3.63) is 71.3 Å². The fraction of sp³-hybridized carbons (Fsp3) is 0.368. The molecule has 1 aliphatic rings. The first kappa shape index (κ1) is 14.3. The summed E-state index contributed by atoms with van der Waals surface area (Å²) in [7, 11) is 0. The van der Waals surface area contributed by atoms with Gasteiger partial charge in [-0.05, 0) is 42.5 Å². The Morgan fingerprint density at radius 3 is 2.33 bits per heavy atom. The highest BCUT2D eigenvalue weighted by Gasteiger charge is 2.22. The number of piperidine rings is 1. The highest BCUT2D eigenvalue weighted by molar-refractivity contribution is 5.30. The van der Waals surface area contributed by atoms with Crippen LogP contribution >= 0.6 is 0 Å². The van der Waals surface area contributed by atoms with Gasteiger partial charge < -0.3 is 10.4 Å². The Labute approximate surface area is 126 Å². The predicted molar refractivity (Wildman–Crippen MR) is 86.3 cm³/mol. The average molecular weight is 281 g/mol. The van der Waals surface area contributed by atoms with Crippen molar-refractivity contribution in [2.75, 3.05) is 6.54 Å². The normalized spacial score (nSPS) is 20.1. The maximum atomic E-state index is 10.5. The molecule has 2 aromatic rings. The molecule has 110 valence electrons. The molecule has 0 saturated carbocycles. The SMILES string of the molecule is OC(c1ccc(Cc2ccccc2)cc1)C1CCCCN1. The smallest absolute Gasteiger partial charge is 0.0942 e. The molecule has 2 atom stereocenters. The lowest BCUT2D eigenvalue weighted by molar-refractivity contribution is 0.114. The Kier molecular flexibility index (Phi) is 4.69. The summed E-state index contributed by atoms with van der Waals surface area (Å²) in [5, 5.41) is 13.9. The van der Waals surface area contributed by atoms with Crippen molar-refractivity contribution in [2.45, 2.75) is 37.8 Å². The van der Waals surface area contributed by atoms with Crippen LogP contribution in [0.1, 0.15) is 42.1 Å². The Balaban J connectivity index is 1.66. The molecule has 2 N–H and O–H groups in total. The third-order valence-electron chi connectivity index (χ3n) is 4.30. The summed E-state index contributed by atoms with van der Waals surface area (Å²) < 4.78 is 0. The lowest BCUT2D eigenvalue weighted by Gasteiger charge is -2.28. The molecule has 2 nitrogen and oxygen atoms in total. The fourth-order valence-corrected chi connectivity index (χ4v) is 3.04. The van der Waals surface area contributed by atoms with Crippen molar-refractivity contribution in [3.8, 4) is 0 Å². The summed E-state index contributed by atoms with van der Waals surface area (Å²) >= 11 is 0. The lowest BCUT2D eigenvalue weighted by atomic mass is 9.94.